The van der Waals surface area contributed by atoms with Crippen molar-refractivity contribution in [2.24, 2.45) is 5.10 Å². The minimum absolute atomic E-state index is 0.0114. The molecular formula is C28H33N3O3. The number of fused-ring (bicyclic) bond motifs is 1. The summed E-state index contributed by atoms with van der Waals surface area (Å²) in [6.07, 6.45) is 9.77. The SMILES string of the molecule is C=CCc1cc(C=Nn2c(C3CCCCC3)nc3ccccc3c2=O)cc(OC)c1OC(C)C. The Kier molecular flexibility index (Phi) is 7.46. The fourth-order valence-corrected chi connectivity index (χ4v) is 4.59. The fraction of sp³-hybridized carbons (Fsp3) is 0.393. The van der Waals surface area contributed by atoms with Gasteiger partial charge >= 0.3 is 0 Å². The maximum atomic E-state index is 13.4. The number of nitrogens with zero attached hydrogens (tertiary/aromatic N) is 3. The first-order valence-corrected chi connectivity index (χ1v) is 12.1. The Morgan fingerprint density at radius 1 is 1.21 bits per heavy atom. The van der Waals surface area contributed by atoms with E-state index in [2.05, 4.69) is 11.7 Å². The lowest BCUT2D eigenvalue weighted by Crippen LogP contribution is -2.25. The van der Waals surface area contributed by atoms with Crippen LogP contribution in [0.2, 0.25) is 0 Å². The van der Waals surface area contributed by atoms with E-state index in [9.17, 15) is 4.79 Å². The Balaban J connectivity index is 1.81. The Labute approximate surface area is 200 Å². The predicted molar refractivity (Wildman–Crippen MR) is 137 cm³/mol. The van der Waals surface area contributed by atoms with Gasteiger partial charge in [-0.15, -0.1) is 6.58 Å². The number of methoxy groups -OCH3 is 1. The number of benzene rings is 2. The molecule has 1 aromatic heterocycles. The summed E-state index contributed by atoms with van der Waals surface area (Å²) in [6, 6.07) is 11.4. The third-order valence-corrected chi connectivity index (χ3v) is 6.16. The summed E-state index contributed by atoms with van der Waals surface area (Å²) in [5.74, 6) is 2.32. The number of para-hydroxylation sites is 1. The predicted octanol–water partition coefficient (Wildman–Crippen LogP) is 5.85. The van der Waals surface area contributed by atoms with Crippen LogP contribution in [0.4, 0.5) is 0 Å². The summed E-state index contributed by atoms with van der Waals surface area (Å²) in [4.78, 5) is 18.3. The number of aromatic nitrogens is 2. The van der Waals surface area contributed by atoms with Crippen molar-refractivity contribution >= 4 is 17.1 Å². The van der Waals surface area contributed by atoms with E-state index in [1.165, 1.54) is 11.1 Å². The van der Waals surface area contributed by atoms with E-state index in [0.29, 0.717) is 23.3 Å². The van der Waals surface area contributed by atoms with Gasteiger partial charge in [0, 0.05) is 11.5 Å². The molecule has 0 N–H and O–H groups in total. The molecule has 2 aromatic carbocycles. The third kappa shape index (κ3) is 5.06. The fourth-order valence-electron chi connectivity index (χ4n) is 4.59. The summed E-state index contributed by atoms with van der Waals surface area (Å²) in [5.41, 5.74) is 2.37. The highest BCUT2D eigenvalue weighted by Gasteiger charge is 2.22. The molecule has 4 rings (SSSR count). The lowest BCUT2D eigenvalue weighted by atomic mass is 9.88. The van der Waals surface area contributed by atoms with Crippen LogP contribution in [-0.4, -0.2) is 29.1 Å². The van der Waals surface area contributed by atoms with E-state index >= 15 is 0 Å². The van der Waals surface area contributed by atoms with E-state index in [-0.39, 0.29) is 17.6 Å². The van der Waals surface area contributed by atoms with Gasteiger partial charge in [-0.1, -0.05) is 37.5 Å². The van der Waals surface area contributed by atoms with E-state index in [0.717, 1.165) is 48.2 Å². The van der Waals surface area contributed by atoms with Gasteiger partial charge in [-0.2, -0.15) is 9.78 Å². The number of allylic oxidation sites excluding steroid dienone is 1. The number of rotatable bonds is 8. The Morgan fingerprint density at radius 2 is 1.97 bits per heavy atom. The second-order valence-corrected chi connectivity index (χ2v) is 9.05. The molecule has 3 aromatic rings. The van der Waals surface area contributed by atoms with Crippen molar-refractivity contribution in [3.05, 3.63) is 76.4 Å². The Morgan fingerprint density at radius 3 is 2.68 bits per heavy atom. The summed E-state index contributed by atoms with van der Waals surface area (Å²) < 4.78 is 13.1. The second kappa shape index (κ2) is 10.7. The van der Waals surface area contributed by atoms with Gasteiger partial charge < -0.3 is 9.47 Å². The van der Waals surface area contributed by atoms with Gasteiger partial charge in [0.25, 0.3) is 5.56 Å². The van der Waals surface area contributed by atoms with Gasteiger partial charge in [0.15, 0.2) is 11.5 Å². The molecule has 1 aliphatic rings. The van der Waals surface area contributed by atoms with Crippen LogP contribution in [0.5, 0.6) is 11.5 Å². The van der Waals surface area contributed by atoms with Gasteiger partial charge in [-0.3, -0.25) is 4.79 Å². The highest BCUT2D eigenvalue weighted by atomic mass is 16.5. The maximum Gasteiger partial charge on any atom is 0.282 e. The number of ether oxygens (including phenoxy) is 2. The highest BCUT2D eigenvalue weighted by molar-refractivity contribution is 5.82. The highest BCUT2D eigenvalue weighted by Crippen LogP contribution is 2.34. The van der Waals surface area contributed by atoms with Crippen LogP contribution >= 0.6 is 0 Å². The first-order valence-electron chi connectivity index (χ1n) is 12.1. The molecule has 6 nitrogen and oxygen atoms in total. The van der Waals surface area contributed by atoms with Crippen molar-refractivity contribution in [2.45, 2.75) is 64.4 Å². The molecule has 0 amide bonds. The van der Waals surface area contributed by atoms with Gasteiger partial charge in [0.05, 0.1) is 30.3 Å². The summed E-state index contributed by atoms with van der Waals surface area (Å²) in [6.45, 7) is 7.84. The lowest BCUT2D eigenvalue weighted by molar-refractivity contribution is 0.228. The Bertz CT molecular complexity index is 1250. The zero-order valence-corrected chi connectivity index (χ0v) is 20.3. The molecule has 6 heteroatoms. The standard InChI is InChI=1S/C28H33N3O3/c1-5-11-22-16-20(17-25(33-4)26(22)34-19(2)3)18-29-31-27(21-12-7-6-8-13-21)30-24-15-10-9-14-23(24)28(31)32/h5,9-10,14-19,21H,1,6-8,11-13H2,2-4H3. The summed E-state index contributed by atoms with van der Waals surface area (Å²) in [5, 5.41) is 5.24. The van der Waals surface area contributed by atoms with Crippen LogP contribution in [0.15, 0.2) is 58.9 Å². The van der Waals surface area contributed by atoms with Gasteiger partial charge in [0.1, 0.15) is 5.82 Å². The van der Waals surface area contributed by atoms with Gasteiger partial charge in [-0.25, -0.2) is 4.98 Å². The molecule has 0 radical (unpaired) electrons. The first kappa shape index (κ1) is 23.7. The molecule has 1 aliphatic carbocycles. The van der Waals surface area contributed by atoms with Crippen molar-refractivity contribution in [1.82, 2.24) is 9.66 Å². The quantitative estimate of drug-likeness (QED) is 0.313. The normalized spacial score (nSPS) is 14.7. The monoisotopic (exact) mass is 459 g/mol. The smallest absolute Gasteiger partial charge is 0.282 e. The number of hydrogen-bond acceptors (Lipinski definition) is 5. The van der Waals surface area contributed by atoms with Crippen molar-refractivity contribution in [3.63, 3.8) is 0 Å². The van der Waals surface area contributed by atoms with Gasteiger partial charge in [0.2, 0.25) is 0 Å². The van der Waals surface area contributed by atoms with Crippen molar-refractivity contribution in [1.29, 1.82) is 0 Å². The molecule has 1 heterocycles. The molecular weight excluding hydrogens is 426 g/mol. The molecule has 0 spiro atoms. The molecule has 0 aliphatic heterocycles. The van der Waals surface area contributed by atoms with E-state index < -0.39 is 0 Å². The maximum absolute atomic E-state index is 13.4. The van der Waals surface area contributed by atoms with Crippen LogP contribution in [-0.2, 0) is 6.42 Å². The van der Waals surface area contributed by atoms with Crippen LogP contribution < -0.4 is 15.0 Å². The van der Waals surface area contributed by atoms with Crippen molar-refractivity contribution in [2.75, 3.05) is 7.11 Å². The van der Waals surface area contributed by atoms with Crippen LogP contribution in [0.1, 0.15) is 68.8 Å². The number of hydrogen-bond donors (Lipinski definition) is 0. The molecule has 1 fully saturated rings. The van der Waals surface area contributed by atoms with Gasteiger partial charge in [-0.05, 0) is 62.9 Å². The summed E-state index contributed by atoms with van der Waals surface area (Å²) >= 11 is 0. The van der Waals surface area contributed by atoms with Crippen molar-refractivity contribution in [3.8, 4) is 11.5 Å². The van der Waals surface area contributed by atoms with E-state index in [1.54, 1.807) is 13.3 Å². The zero-order chi connectivity index (χ0) is 24.1. The average Bonchev–Trinajstić information content (AvgIpc) is 2.85. The van der Waals surface area contributed by atoms with Crippen LogP contribution in [0.25, 0.3) is 10.9 Å². The van der Waals surface area contributed by atoms with Crippen LogP contribution in [0.3, 0.4) is 0 Å². The molecule has 0 atom stereocenters. The molecule has 1 saturated carbocycles. The van der Waals surface area contributed by atoms with E-state index in [1.807, 2.05) is 56.3 Å². The van der Waals surface area contributed by atoms with Crippen LogP contribution in [0, 0.1) is 0 Å². The minimum Gasteiger partial charge on any atom is -0.493 e. The second-order valence-electron chi connectivity index (χ2n) is 9.05. The largest absolute Gasteiger partial charge is 0.493 e. The Hall–Kier alpha value is -3.41. The van der Waals surface area contributed by atoms with E-state index in [4.69, 9.17) is 14.5 Å². The zero-order valence-electron chi connectivity index (χ0n) is 20.3. The molecule has 0 unspecified atom stereocenters. The third-order valence-electron chi connectivity index (χ3n) is 6.16. The molecule has 178 valence electrons. The molecule has 0 bridgehead atoms. The summed E-state index contributed by atoms with van der Waals surface area (Å²) in [7, 11) is 1.63. The minimum atomic E-state index is -0.138. The first-order chi connectivity index (χ1) is 16.5. The topological polar surface area (TPSA) is 65.7 Å². The lowest BCUT2D eigenvalue weighted by Gasteiger charge is -2.22. The average molecular weight is 460 g/mol. The molecule has 0 saturated heterocycles. The van der Waals surface area contributed by atoms with Crippen molar-refractivity contribution < 1.29 is 9.47 Å². The molecule has 34 heavy (non-hydrogen) atoms.